The average molecular weight is 468 g/mol. The van der Waals surface area contributed by atoms with Crippen LogP contribution >= 0.6 is 11.3 Å². The van der Waals surface area contributed by atoms with E-state index in [1.165, 1.54) is 18.3 Å². The average Bonchev–Trinajstić information content (AvgIpc) is 3.30. The molecule has 176 valence electrons. The lowest BCUT2D eigenvalue weighted by Gasteiger charge is -2.13. The summed E-state index contributed by atoms with van der Waals surface area (Å²) in [6, 6.07) is 7.88. The van der Waals surface area contributed by atoms with Gasteiger partial charge in [0.05, 0.1) is 17.4 Å². The van der Waals surface area contributed by atoms with Crippen LogP contribution in [0.5, 0.6) is 0 Å². The van der Waals surface area contributed by atoms with Crippen molar-refractivity contribution in [1.29, 1.82) is 0 Å². The molecule has 1 atom stereocenters. The van der Waals surface area contributed by atoms with Gasteiger partial charge < -0.3 is 10.6 Å². The van der Waals surface area contributed by atoms with Gasteiger partial charge in [0, 0.05) is 36.5 Å². The Hall–Kier alpha value is -3.00. The molecule has 0 aliphatic carbocycles. The monoisotopic (exact) mass is 467 g/mol. The van der Waals surface area contributed by atoms with Gasteiger partial charge in [0.15, 0.2) is 5.13 Å². The molecule has 0 aliphatic rings. The first kappa shape index (κ1) is 24.6. The van der Waals surface area contributed by atoms with Crippen LogP contribution in [-0.2, 0) is 22.6 Å². The summed E-state index contributed by atoms with van der Waals surface area (Å²) >= 11 is 1.41. The van der Waals surface area contributed by atoms with Gasteiger partial charge in [-0.15, -0.1) is 11.3 Å². The van der Waals surface area contributed by atoms with Crippen LogP contribution in [0.25, 0.3) is 11.3 Å². The summed E-state index contributed by atoms with van der Waals surface area (Å²) in [6.45, 7) is 12.8. The van der Waals surface area contributed by atoms with Crippen molar-refractivity contribution in [3.63, 3.8) is 0 Å². The Balaban J connectivity index is 1.58. The summed E-state index contributed by atoms with van der Waals surface area (Å²) in [5.41, 5.74) is 6.10. The smallest absolute Gasteiger partial charge is 0.226 e. The largest absolute Gasteiger partial charge is 0.350 e. The Morgan fingerprint density at radius 3 is 2.45 bits per heavy atom. The van der Waals surface area contributed by atoms with Gasteiger partial charge in [-0.2, -0.15) is 5.10 Å². The quantitative estimate of drug-likeness (QED) is 0.461. The molecule has 0 bridgehead atoms. The summed E-state index contributed by atoms with van der Waals surface area (Å²) in [5, 5.41) is 13.0. The Morgan fingerprint density at radius 1 is 1.12 bits per heavy atom. The van der Waals surface area contributed by atoms with Crippen molar-refractivity contribution in [2.45, 2.75) is 67.0 Å². The number of hydrogen-bond donors (Lipinski definition) is 2. The zero-order valence-electron chi connectivity index (χ0n) is 20.2. The van der Waals surface area contributed by atoms with Crippen LogP contribution in [0.15, 0.2) is 29.6 Å². The molecule has 0 spiro atoms. The van der Waals surface area contributed by atoms with Crippen LogP contribution < -0.4 is 10.6 Å². The first-order valence-electron chi connectivity index (χ1n) is 11.3. The molecule has 0 fully saturated rings. The highest BCUT2D eigenvalue weighted by atomic mass is 32.1. The molecule has 2 heterocycles. The zero-order valence-corrected chi connectivity index (χ0v) is 21.0. The first-order valence-corrected chi connectivity index (χ1v) is 12.2. The minimum atomic E-state index is -0.0545. The van der Waals surface area contributed by atoms with E-state index >= 15 is 0 Å². The highest BCUT2D eigenvalue weighted by Crippen LogP contribution is 2.26. The molecule has 2 N–H and O–H groups in total. The first-order chi connectivity index (χ1) is 15.6. The zero-order chi connectivity index (χ0) is 24.1. The molecule has 33 heavy (non-hydrogen) atoms. The van der Waals surface area contributed by atoms with E-state index in [1.54, 1.807) is 0 Å². The fourth-order valence-electron chi connectivity index (χ4n) is 3.83. The predicted molar refractivity (Wildman–Crippen MR) is 133 cm³/mol. The molecule has 1 aromatic carbocycles. The number of nitrogens with one attached hydrogen (secondary N) is 2. The second kappa shape index (κ2) is 10.7. The summed E-state index contributed by atoms with van der Waals surface area (Å²) in [6.07, 6.45) is 1.05. The summed E-state index contributed by atoms with van der Waals surface area (Å²) < 4.78 is 2.04. The third kappa shape index (κ3) is 6.51. The molecule has 2 aromatic heterocycles. The highest BCUT2D eigenvalue weighted by Gasteiger charge is 2.15. The molecule has 0 saturated heterocycles. The van der Waals surface area contributed by atoms with Crippen molar-refractivity contribution in [2.24, 2.45) is 5.92 Å². The van der Waals surface area contributed by atoms with E-state index in [2.05, 4.69) is 41.5 Å². The van der Waals surface area contributed by atoms with E-state index in [4.69, 9.17) is 0 Å². The van der Waals surface area contributed by atoms with E-state index in [9.17, 15) is 9.59 Å². The molecule has 7 nitrogen and oxygen atoms in total. The summed E-state index contributed by atoms with van der Waals surface area (Å²) in [5.74, 6) is 0.419. The standard InChI is InChI=1S/C25H33N5O2S/c1-15(2)13-30-18(5)22(17(4)29-30)11-12-24(32)28-25-27-23(14-33-25)21-9-7-20(8-10-21)16(3)26-19(6)31/h7-10,14-16H,11-13H2,1-6H3,(H,26,31)(H,27,28,32). The number of hydrogen-bond acceptors (Lipinski definition) is 5. The number of carbonyl (C=O) groups excluding carboxylic acids is 2. The van der Waals surface area contributed by atoms with E-state index in [-0.39, 0.29) is 17.9 Å². The maximum atomic E-state index is 12.5. The van der Waals surface area contributed by atoms with Gasteiger partial charge in [0.1, 0.15) is 0 Å². The topological polar surface area (TPSA) is 88.9 Å². The van der Waals surface area contributed by atoms with Gasteiger partial charge in [0.2, 0.25) is 11.8 Å². The predicted octanol–water partition coefficient (Wildman–Crippen LogP) is 5.05. The van der Waals surface area contributed by atoms with Gasteiger partial charge in [-0.3, -0.25) is 14.3 Å². The molecule has 3 rings (SSSR count). The molecule has 0 aliphatic heterocycles. The van der Waals surface area contributed by atoms with Crippen LogP contribution in [0, 0.1) is 19.8 Å². The number of thiazole rings is 1. The van der Waals surface area contributed by atoms with E-state index in [0.29, 0.717) is 23.9 Å². The maximum absolute atomic E-state index is 12.5. The lowest BCUT2D eigenvalue weighted by atomic mass is 10.1. The van der Waals surface area contributed by atoms with Crippen LogP contribution in [0.2, 0.25) is 0 Å². The fourth-order valence-corrected chi connectivity index (χ4v) is 4.57. The van der Waals surface area contributed by atoms with Crippen molar-refractivity contribution >= 4 is 28.3 Å². The van der Waals surface area contributed by atoms with Crippen molar-refractivity contribution in [2.75, 3.05) is 5.32 Å². The Kier molecular flexibility index (Phi) is 8.02. The van der Waals surface area contributed by atoms with Crippen LogP contribution in [0.3, 0.4) is 0 Å². The van der Waals surface area contributed by atoms with E-state index in [1.807, 2.05) is 48.2 Å². The van der Waals surface area contributed by atoms with Crippen molar-refractivity contribution < 1.29 is 9.59 Å². The fraction of sp³-hybridized carbons (Fsp3) is 0.440. The second-order valence-electron chi connectivity index (χ2n) is 8.86. The number of nitrogens with zero attached hydrogens (tertiary/aromatic N) is 3. The van der Waals surface area contributed by atoms with Crippen LogP contribution in [0.4, 0.5) is 5.13 Å². The van der Waals surface area contributed by atoms with Gasteiger partial charge in [0.25, 0.3) is 0 Å². The molecule has 0 radical (unpaired) electrons. The minimum Gasteiger partial charge on any atom is -0.350 e. The number of aryl methyl sites for hydroxylation is 1. The molecular formula is C25H33N5O2S. The number of rotatable bonds is 9. The molecule has 0 saturated carbocycles. The number of carbonyl (C=O) groups is 2. The maximum Gasteiger partial charge on any atom is 0.226 e. The van der Waals surface area contributed by atoms with Crippen molar-refractivity contribution in [3.8, 4) is 11.3 Å². The third-order valence-electron chi connectivity index (χ3n) is 5.55. The van der Waals surface area contributed by atoms with Crippen LogP contribution in [-0.4, -0.2) is 26.6 Å². The molecule has 2 amide bonds. The lowest BCUT2D eigenvalue weighted by molar-refractivity contribution is -0.119. The molecule has 3 aromatic rings. The summed E-state index contributed by atoms with van der Waals surface area (Å²) in [7, 11) is 0. The van der Waals surface area contributed by atoms with E-state index in [0.717, 1.165) is 40.3 Å². The Morgan fingerprint density at radius 2 is 1.82 bits per heavy atom. The second-order valence-corrected chi connectivity index (χ2v) is 9.71. The number of amides is 2. The normalized spacial score (nSPS) is 12.1. The number of benzene rings is 1. The summed E-state index contributed by atoms with van der Waals surface area (Å²) in [4.78, 5) is 28.4. The van der Waals surface area contributed by atoms with Crippen molar-refractivity contribution in [3.05, 3.63) is 52.2 Å². The number of anilines is 1. The van der Waals surface area contributed by atoms with Crippen LogP contribution in [0.1, 0.15) is 62.7 Å². The lowest BCUT2D eigenvalue weighted by Crippen LogP contribution is -2.23. The number of aromatic nitrogens is 3. The SMILES string of the molecule is CC(=O)NC(C)c1ccc(-c2csc(NC(=O)CCc3c(C)nn(CC(C)C)c3C)n2)cc1. The Labute approximate surface area is 199 Å². The minimum absolute atomic E-state index is 0.0495. The third-order valence-corrected chi connectivity index (χ3v) is 6.31. The molecular weight excluding hydrogens is 434 g/mol. The highest BCUT2D eigenvalue weighted by molar-refractivity contribution is 7.14. The van der Waals surface area contributed by atoms with Gasteiger partial charge >= 0.3 is 0 Å². The van der Waals surface area contributed by atoms with E-state index < -0.39 is 0 Å². The van der Waals surface area contributed by atoms with Gasteiger partial charge in [-0.1, -0.05) is 38.1 Å². The van der Waals surface area contributed by atoms with Gasteiger partial charge in [-0.25, -0.2) is 4.98 Å². The van der Waals surface area contributed by atoms with Gasteiger partial charge in [-0.05, 0) is 44.2 Å². The molecule has 8 heteroatoms. The van der Waals surface area contributed by atoms with Crippen molar-refractivity contribution in [1.82, 2.24) is 20.1 Å². The Bertz CT molecular complexity index is 1110. The molecule has 1 unspecified atom stereocenters.